The molecule has 0 spiro atoms. The molecule has 0 radical (unpaired) electrons. The summed E-state index contributed by atoms with van der Waals surface area (Å²) in [6.07, 6.45) is 3.34. The summed E-state index contributed by atoms with van der Waals surface area (Å²) in [5.74, 6) is -1.80. The molecule has 1 saturated carbocycles. The number of carbonyl (C=O) groups excluding carboxylic acids is 1. The number of benzene rings is 1. The van der Waals surface area contributed by atoms with Gasteiger partial charge in [-0.3, -0.25) is 9.20 Å². The van der Waals surface area contributed by atoms with E-state index < -0.39 is 35.8 Å². The maximum absolute atomic E-state index is 14.0. The molecule has 0 bridgehead atoms. The van der Waals surface area contributed by atoms with Crippen LogP contribution in [0.1, 0.15) is 47.4 Å². The Morgan fingerprint density at radius 3 is 2.59 bits per heavy atom. The Morgan fingerprint density at radius 1 is 1.26 bits per heavy atom. The lowest BCUT2D eigenvalue weighted by Crippen LogP contribution is -2.53. The van der Waals surface area contributed by atoms with E-state index in [1.165, 1.54) is 22.7 Å². The summed E-state index contributed by atoms with van der Waals surface area (Å²) >= 11 is 6.23. The van der Waals surface area contributed by atoms with Crippen LogP contribution in [0.15, 0.2) is 30.5 Å². The fourth-order valence-corrected chi connectivity index (χ4v) is 4.55. The number of nitrogens with zero attached hydrogens (tertiary/aromatic N) is 2. The third kappa shape index (κ3) is 4.77. The number of nitrogens with one attached hydrogen (secondary N) is 2. The third-order valence-corrected chi connectivity index (χ3v) is 6.20. The van der Waals surface area contributed by atoms with Crippen LogP contribution in [0.4, 0.5) is 13.6 Å². The van der Waals surface area contributed by atoms with Gasteiger partial charge >= 0.3 is 6.09 Å². The molecule has 0 unspecified atom stereocenters. The number of carbonyl (C=O) groups is 2. The molecule has 2 amide bonds. The van der Waals surface area contributed by atoms with Crippen LogP contribution in [0.5, 0.6) is 5.75 Å². The number of rotatable bonds is 7. The highest BCUT2D eigenvalue weighted by Gasteiger charge is 2.36. The second kappa shape index (κ2) is 9.46. The predicted molar refractivity (Wildman–Crippen MR) is 120 cm³/mol. The van der Waals surface area contributed by atoms with E-state index in [-0.39, 0.29) is 34.2 Å². The largest absolute Gasteiger partial charge is 0.485 e. The smallest absolute Gasteiger partial charge is 0.405 e. The van der Waals surface area contributed by atoms with Crippen molar-refractivity contribution in [1.82, 2.24) is 20.0 Å². The van der Waals surface area contributed by atoms with Crippen molar-refractivity contribution in [2.45, 2.75) is 44.8 Å². The highest BCUT2D eigenvalue weighted by molar-refractivity contribution is 6.30. The number of aryl methyl sites for hydroxylation is 1. The lowest BCUT2D eigenvalue weighted by Gasteiger charge is -2.29. The quantitative estimate of drug-likeness (QED) is 0.451. The molecule has 180 valence electrons. The number of carboxylic acid groups (broad SMARTS) is 1. The van der Waals surface area contributed by atoms with Gasteiger partial charge in [0.1, 0.15) is 23.9 Å². The molecule has 1 aliphatic rings. The summed E-state index contributed by atoms with van der Waals surface area (Å²) in [5, 5.41) is 14.8. The predicted octanol–water partition coefficient (Wildman–Crippen LogP) is 4.46. The summed E-state index contributed by atoms with van der Waals surface area (Å²) in [6, 6.07) is 4.98. The topological polar surface area (TPSA) is 105 Å². The Hall–Kier alpha value is -3.40. The van der Waals surface area contributed by atoms with Crippen molar-refractivity contribution < 1.29 is 28.2 Å². The van der Waals surface area contributed by atoms with E-state index in [2.05, 4.69) is 15.6 Å². The van der Waals surface area contributed by atoms with Crippen molar-refractivity contribution in [3.63, 3.8) is 0 Å². The zero-order valence-electron chi connectivity index (χ0n) is 18.3. The first-order valence-corrected chi connectivity index (χ1v) is 11.1. The number of halogens is 3. The first kappa shape index (κ1) is 23.7. The van der Waals surface area contributed by atoms with Crippen LogP contribution in [0.3, 0.4) is 0 Å². The lowest BCUT2D eigenvalue weighted by atomic mass is 9.97. The number of aromatic nitrogens is 2. The summed E-state index contributed by atoms with van der Waals surface area (Å²) in [4.78, 5) is 28.7. The van der Waals surface area contributed by atoms with Gasteiger partial charge in [0.05, 0.1) is 21.8 Å². The van der Waals surface area contributed by atoms with Crippen LogP contribution in [-0.4, -0.2) is 38.6 Å². The molecule has 2 heterocycles. The number of fused-ring (bicyclic) bond motifs is 1. The van der Waals surface area contributed by atoms with E-state index >= 15 is 0 Å². The van der Waals surface area contributed by atoms with Gasteiger partial charge in [-0.15, -0.1) is 0 Å². The second-order valence-corrected chi connectivity index (χ2v) is 8.79. The van der Waals surface area contributed by atoms with E-state index in [9.17, 15) is 23.5 Å². The number of hydrogen-bond donors (Lipinski definition) is 3. The summed E-state index contributed by atoms with van der Waals surface area (Å²) in [7, 11) is 0. The van der Waals surface area contributed by atoms with E-state index in [0.717, 1.165) is 25.0 Å². The number of hydrogen-bond acceptors (Lipinski definition) is 4. The van der Waals surface area contributed by atoms with E-state index in [1.54, 1.807) is 6.92 Å². The van der Waals surface area contributed by atoms with E-state index in [1.807, 2.05) is 0 Å². The summed E-state index contributed by atoms with van der Waals surface area (Å²) in [5.41, 5.74) is -0.125. The van der Waals surface area contributed by atoms with Gasteiger partial charge < -0.3 is 20.5 Å². The van der Waals surface area contributed by atoms with Crippen molar-refractivity contribution >= 4 is 29.2 Å². The molecule has 8 nitrogen and oxygen atoms in total. The van der Waals surface area contributed by atoms with Crippen LogP contribution < -0.4 is 15.4 Å². The highest BCUT2D eigenvalue weighted by atomic mass is 35.5. The first-order chi connectivity index (χ1) is 16.2. The fraction of sp³-hybridized carbons (Fsp3) is 0.348. The Labute approximate surface area is 198 Å². The van der Waals surface area contributed by atoms with E-state index in [4.69, 9.17) is 16.3 Å². The van der Waals surface area contributed by atoms with Crippen molar-refractivity contribution in [2.24, 2.45) is 0 Å². The van der Waals surface area contributed by atoms with Crippen LogP contribution in [0.25, 0.3) is 5.65 Å². The molecular weight excluding hydrogens is 470 g/mol. The van der Waals surface area contributed by atoms with Crippen LogP contribution >= 0.6 is 11.6 Å². The maximum Gasteiger partial charge on any atom is 0.405 e. The fourth-order valence-electron chi connectivity index (χ4n) is 4.35. The molecule has 11 heteroatoms. The third-order valence-electron chi connectivity index (χ3n) is 6.00. The molecule has 1 aromatic carbocycles. The molecule has 2 aromatic heterocycles. The second-order valence-electron chi connectivity index (χ2n) is 8.35. The van der Waals surface area contributed by atoms with Crippen molar-refractivity contribution in [2.75, 3.05) is 6.54 Å². The molecule has 1 aliphatic carbocycles. The molecule has 4 rings (SSSR count). The molecular formula is C23H23ClF2N4O4. The van der Waals surface area contributed by atoms with Gasteiger partial charge in [0.25, 0.3) is 5.91 Å². The first-order valence-electron chi connectivity index (χ1n) is 10.7. The Balaban J connectivity index is 1.59. The minimum Gasteiger partial charge on any atom is -0.485 e. The van der Waals surface area contributed by atoms with E-state index in [0.29, 0.717) is 18.5 Å². The molecule has 0 atom stereocenters. The van der Waals surface area contributed by atoms with Crippen molar-refractivity contribution in [3.05, 3.63) is 64.1 Å². The normalized spacial score (nSPS) is 14.8. The standard InChI is InChI=1S/C23H23ClF2N4O4/c1-13-19(21(31)27-12-23(29-22(32)33)7-2-3-8-23)30-10-14(24)9-18(20(30)28-13)34-11-15-16(25)5-4-6-17(15)26/h4-6,9-10,29H,2-3,7-8,11-12H2,1H3,(H,27,31)(H,32,33). The minimum absolute atomic E-state index is 0.126. The maximum atomic E-state index is 14.0. The molecule has 0 saturated heterocycles. The van der Waals surface area contributed by atoms with Gasteiger partial charge in [0.15, 0.2) is 11.4 Å². The van der Waals surface area contributed by atoms with Crippen LogP contribution in [0.2, 0.25) is 5.02 Å². The number of pyridine rings is 1. The van der Waals surface area contributed by atoms with Crippen LogP contribution in [-0.2, 0) is 6.61 Å². The summed E-state index contributed by atoms with van der Waals surface area (Å²) < 4.78 is 35.1. The Kier molecular flexibility index (Phi) is 6.60. The molecule has 0 aliphatic heterocycles. The number of imidazole rings is 1. The van der Waals surface area contributed by atoms with Gasteiger partial charge in [-0.2, -0.15) is 0 Å². The minimum atomic E-state index is -1.14. The molecule has 3 N–H and O–H groups in total. The van der Waals surface area contributed by atoms with Gasteiger partial charge in [-0.05, 0) is 31.9 Å². The Morgan fingerprint density at radius 2 is 1.94 bits per heavy atom. The zero-order chi connectivity index (χ0) is 24.5. The van der Waals surface area contributed by atoms with Gasteiger partial charge in [0.2, 0.25) is 0 Å². The molecule has 3 aromatic rings. The molecule has 1 fully saturated rings. The Bertz CT molecular complexity index is 1240. The average Bonchev–Trinajstić information content (AvgIpc) is 3.35. The molecule has 34 heavy (non-hydrogen) atoms. The average molecular weight is 493 g/mol. The number of amides is 2. The highest BCUT2D eigenvalue weighted by Crippen LogP contribution is 2.30. The van der Waals surface area contributed by atoms with Gasteiger partial charge in [-0.1, -0.05) is 30.5 Å². The van der Waals surface area contributed by atoms with Gasteiger partial charge in [0, 0.05) is 18.8 Å². The monoisotopic (exact) mass is 492 g/mol. The van der Waals surface area contributed by atoms with Crippen molar-refractivity contribution in [1.29, 1.82) is 0 Å². The van der Waals surface area contributed by atoms with Gasteiger partial charge in [-0.25, -0.2) is 18.6 Å². The number of ether oxygens (including phenoxy) is 1. The SMILES string of the molecule is Cc1nc2c(OCc3c(F)cccc3F)cc(Cl)cn2c1C(=O)NCC1(NC(=O)O)CCCC1. The van der Waals surface area contributed by atoms with Crippen molar-refractivity contribution in [3.8, 4) is 5.75 Å². The zero-order valence-corrected chi connectivity index (χ0v) is 19.1. The summed E-state index contributed by atoms with van der Waals surface area (Å²) in [6.45, 7) is 1.36. The lowest BCUT2D eigenvalue weighted by molar-refractivity contribution is 0.0929. The van der Waals surface area contributed by atoms with Crippen LogP contribution in [0, 0.1) is 18.6 Å².